The minimum absolute atomic E-state index is 0.0815. The second-order valence-electron chi connectivity index (χ2n) is 3.68. The first-order valence-corrected chi connectivity index (χ1v) is 5.88. The highest BCUT2D eigenvalue weighted by Gasteiger charge is 2.26. The van der Waals surface area contributed by atoms with E-state index in [1.54, 1.807) is 24.3 Å². The molecule has 2 rings (SSSR count). The van der Waals surface area contributed by atoms with Crippen molar-refractivity contribution in [3.63, 3.8) is 0 Å². The van der Waals surface area contributed by atoms with Crippen molar-refractivity contribution in [2.24, 2.45) is 0 Å². The highest BCUT2D eigenvalue weighted by molar-refractivity contribution is 6.34. The monoisotopic (exact) mass is 258 g/mol. The van der Waals surface area contributed by atoms with Crippen LogP contribution in [-0.2, 0) is 0 Å². The Hall–Kier alpha value is -0.610. The first-order chi connectivity index (χ1) is 7.68. The van der Waals surface area contributed by atoms with Crippen LogP contribution in [0.4, 0.5) is 0 Å². The number of halogens is 2. The molecule has 3 nitrogen and oxygen atoms in total. The molecule has 1 aliphatic rings. The van der Waals surface area contributed by atoms with E-state index >= 15 is 0 Å². The van der Waals surface area contributed by atoms with E-state index in [0.717, 1.165) is 13.1 Å². The summed E-state index contributed by atoms with van der Waals surface area (Å²) in [7, 11) is 0. The third-order valence-electron chi connectivity index (χ3n) is 2.56. The molecule has 0 aromatic heterocycles. The molecule has 5 heteroatoms. The lowest BCUT2D eigenvalue weighted by Crippen LogP contribution is -2.36. The molecular weight excluding hydrogens is 247 g/mol. The van der Waals surface area contributed by atoms with Crippen LogP contribution in [0.5, 0.6) is 0 Å². The fourth-order valence-electron chi connectivity index (χ4n) is 1.64. The van der Waals surface area contributed by atoms with Gasteiger partial charge >= 0.3 is 0 Å². The van der Waals surface area contributed by atoms with Crippen LogP contribution >= 0.6 is 23.2 Å². The lowest BCUT2D eigenvalue weighted by Gasteiger charge is -2.19. The molecule has 1 aromatic rings. The fourth-order valence-corrected chi connectivity index (χ4v) is 2.05. The van der Waals surface area contributed by atoms with Crippen molar-refractivity contribution in [3.05, 3.63) is 34.9 Å². The first kappa shape index (κ1) is 11.9. The summed E-state index contributed by atoms with van der Waals surface area (Å²) in [5, 5.41) is 3.75. The maximum absolute atomic E-state index is 12.0. The number of rotatable bonds is 3. The molecule has 1 aliphatic heterocycles. The van der Waals surface area contributed by atoms with Crippen LogP contribution in [0.2, 0.25) is 5.02 Å². The molecule has 0 bridgehead atoms. The van der Waals surface area contributed by atoms with E-state index in [9.17, 15) is 4.79 Å². The summed E-state index contributed by atoms with van der Waals surface area (Å²) in [6.07, 6.45) is 0. The number of nitrogens with zero attached hydrogens (tertiary/aromatic N) is 1. The van der Waals surface area contributed by atoms with E-state index in [2.05, 4.69) is 5.32 Å². The number of carbonyl (C=O) groups is 1. The third-order valence-corrected chi connectivity index (χ3v) is 3.28. The summed E-state index contributed by atoms with van der Waals surface area (Å²) in [4.78, 5) is 13.9. The Morgan fingerprint density at radius 2 is 2.06 bits per heavy atom. The molecule has 1 N–H and O–H groups in total. The second-order valence-corrected chi connectivity index (χ2v) is 4.53. The molecule has 0 spiro atoms. The van der Waals surface area contributed by atoms with Crippen molar-refractivity contribution in [2.75, 3.05) is 19.8 Å². The molecular formula is C11H12Cl2N2O. The van der Waals surface area contributed by atoms with Gasteiger partial charge in [-0.05, 0) is 24.3 Å². The Kier molecular flexibility index (Phi) is 3.82. The summed E-state index contributed by atoms with van der Waals surface area (Å²) >= 11 is 11.9. The maximum Gasteiger partial charge on any atom is 0.195 e. The van der Waals surface area contributed by atoms with Gasteiger partial charge < -0.3 is 5.32 Å². The average molecular weight is 259 g/mol. The van der Waals surface area contributed by atoms with Crippen LogP contribution in [0, 0.1) is 0 Å². The first-order valence-electron chi connectivity index (χ1n) is 5.07. The summed E-state index contributed by atoms with van der Waals surface area (Å²) in [5.74, 6) is -0.0815. The van der Waals surface area contributed by atoms with Gasteiger partial charge in [-0.1, -0.05) is 23.2 Å². The van der Waals surface area contributed by atoms with Crippen LogP contribution in [0.1, 0.15) is 10.4 Å². The Labute approximate surface area is 104 Å². The highest BCUT2D eigenvalue weighted by atomic mass is 35.5. The normalized spacial score (nSPS) is 18.6. The van der Waals surface area contributed by atoms with Crippen molar-refractivity contribution < 1.29 is 4.79 Å². The number of nitrogens with one attached hydrogen (secondary N) is 1. The average Bonchev–Trinajstić information content (AvgIpc) is 2.81. The lowest BCUT2D eigenvalue weighted by molar-refractivity contribution is 0.0916. The maximum atomic E-state index is 12.0. The van der Waals surface area contributed by atoms with Gasteiger partial charge in [0.05, 0.1) is 0 Å². The smallest absolute Gasteiger partial charge is 0.195 e. The zero-order valence-corrected chi connectivity index (χ0v) is 10.1. The minimum atomic E-state index is -0.601. The molecule has 0 amide bonds. The molecule has 1 fully saturated rings. The predicted molar refractivity (Wildman–Crippen MR) is 65.0 cm³/mol. The molecule has 1 atom stereocenters. The van der Waals surface area contributed by atoms with Crippen molar-refractivity contribution >= 4 is 29.0 Å². The van der Waals surface area contributed by atoms with E-state index in [1.807, 2.05) is 4.90 Å². The van der Waals surface area contributed by atoms with Gasteiger partial charge in [0, 0.05) is 30.3 Å². The van der Waals surface area contributed by atoms with Crippen molar-refractivity contribution in [1.29, 1.82) is 0 Å². The molecule has 1 saturated heterocycles. The molecule has 1 unspecified atom stereocenters. The largest absolute Gasteiger partial charge is 0.303 e. The topological polar surface area (TPSA) is 32.3 Å². The Balaban J connectivity index is 2.08. The number of alkyl halides is 1. The molecule has 1 aromatic carbocycles. The van der Waals surface area contributed by atoms with Crippen molar-refractivity contribution in [3.8, 4) is 0 Å². The van der Waals surface area contributed by atoms with Gasteiger partial charge in [0.2, 0.25) is 0 Å². The zero-order valence-electron chi connectivity index (χ0n) is 8.62. The van der Waals surface area contributed by atoms with Crippen LogP contribution in [0.3, 0.4) is 0 Å². The Morgan fingerprint density at radius 1 is 1.38 bits per heavy atom. The minimum Gasteiger partial charge on any atom is -0.303 e. The van der Waals surface area contributed by atoms with Gasteiger partial charge in [0.1, 0.15) is 5.50 Å². The van der Waals surface area contributed by atoms with Gasteiger partial charge in [0.15, 0.2) is 5.78 Å². The zero-order chi connectivity index (χ0) is 11.5. The van der Waals surface area contributed by atoms with E-state index in [1.165, 1.54) is 0 Å². The Bertz CT molecular complexity index is 374. The van der Waals surface area contributed by atoms with Gasteiger partial charge in [0.25, 0.3) is 0 Å². The SMILES string of the molecule is O=C(c1ccc(Cl)cc1)C(Cl)N1CCNC1. The third kappa shape index (κ3) is 2.55. The second kappa shape index (κ2) is 5.15. The summed E-state index contributed by atoms with van der Waals surface area (Å²) in [6.45, 7) is 2.33. The number of hydrogen-bond acceptors (Lipinski definition) is 3. The van der Waals surface area contributed by atoms with Gasteiger partial charge in [-0.3, -0.25) is 9.69 Å². The van der Waals surface area contributed by atoms with Crippen molar-refractivity contribution in [2.45, 2.75) is 5.50 Å². The summed E-state index contributed by atoms with van der Waals surface area (Å²) < 4.78 is 0. The number of benzene rings is 1. The molecule has 0 aliphatic carbocycles. The van der Waals surface area contributed by atoms with Crippen LogP contribution in [-0.4, -0.2) is 35.9 Å². The lowest BCUT2D eigenvalue weighted by atomic mass is 10.1. The van der Waals surface area contributed by atoms with E-state index in [4.69, 9.17) is 23.2 Å². The molecule has 86 valence electrons. The summed E-state index contributed by atoms with van der Waals surface area (Å²) in [6, 6.07) is 6.79. The van der Waals surface area contributed by atoms with E-state index in [0.29, 0.717) is 17.3 Å². The van der Waals surface area contributed by atoms with Crippen LogP contribution < -0.4 is 5.32 Å². The number of Topliss-reactive ketones (excluding diaryl/α,β-unsaturated/α-hetero) is 1. The predicted octanol–water partition coefficient (Wildman–Crippen LogP) is 1.95. The van der Waals surface area contributed by atoms with Crippen LogP contribution in [0.25, 0.3) is 0 Å². The quantitative estimate of drug-likeness (QED) is 0.511. The fraction of sp³-hybridized carbons (Fsp3) is 0.364. The molecule has 0 radical (unpaired) electrons. The molecule has 1 heterocycles. The molecule has 16 heavy (non-hydrogen) atoms. The number of carbonyl (C=O) groups excluding carboxylic acids is 1. The van der Waals surface area contributed by atoms with Gasteiger partial charge in [-0.15, -0.1) is 0 Å². The van der Waals surface area contributed by atoms with Crippen molar-refractivity contribution in [1.82, 2.24) is 10.2 Å². The van der Waals surface area contributed by atoms with Gasteiger partial charge in [-0.25, -0.2) is 0 Å². The van der Waals surface area contributed by atoms with E-state index in [-0.39, 0.29) is 5.78 Å². The number of hydrogen-bond donors (Lipinski definition) is 1. The standard InChI is InChI=1S/C11H12Cl2N2O/c12-9-3-1-8(2-4-9)10(16)11(13)15-6-5-14-7-15/h1-4,11,14H,5-7H2. The number of ketones is 1. The highest BCUT2D eigenvalue weighted by Crippen LogP contribution is 2.16. The van der Waals surface area contributed by atoms with Gasteiger partial charge in [-0.2, -0.15) is 0 Å². The van der Waals surface area contributed by atoms with Crippen LogP contribution in [0.15, 0.2) is 24.3 Å². The summed E-state index contributed by atoms with van der Waals surface area (Å²) in [5.41, 5.74) is -0.00697. The molecule has 0 saturated carbocycles. The Morgan fingerprint density at radius 3 is 2.62 bits per heavy atom. The van der Waals surface area contributed by atoms with E-state index < -0.39 is 5.50 Å².